The van der Waals surface area contributed by atoms with E-state index in [0.717, 1.165) is 33.7 Å². The molecule has 0 radical (unpaired) electrons. The van der Waals surface area contributed by atoms with Crippen molar-refractivity contribution in [3.05, 3.63) is 143 Å². The first-order valence-electron chi connectivity index (χ1n) is 19.0. The van der Waals surface area contributed by atoms with Crippen molar-refractivity contribution in [3.63, 3.8) is 0 Å². The van der Waals surface area contributed by atoms with E-state index in [9.17, 15) is 0 Å². The Kier molecular flexibility index (Phi) is 7.49. The predicted molar refractivity (Wildman–Crippen MR) is 220 cm³/mol. The van der Waals surface area contributed by atoms with Crippen molar-refractivity contribution in [2.24, 2.45) is 0 Å². The Labute approximate surface area is 308 Å². The molecule has 0 aliphatic carbocycles. The molecule has 0 spiro atoms. The molecule has 3 nitrogen and oxygen atoms in total. The van der Waals surface area contributed by atoms with Crippen molar-refractivity contribution in [1.29, 1.82) is 0 Å². The molecule has 0 fully saturated rings. The molecule has 52 heavy (non-hydrogen) atoms. The van der Waals surface area contributed by atoms with Crippen LogP contribution in [0.4, 0.5) is 17.1 Å². The molecule has 4 heteroatoms. The molecule has 2 aliphatic rings. The lowest BCUT2D eigenvalue weighted by Crippen LogP contribution is -2.57. The van der Waals surface area contributed by atoms with E-state index >= 15 is 0 Å². The Hall–Kier alpha value is -5.22. The van der Waals surface area contributed by atoms with Gasteiger partial charge in [-0.15, -0.1) is 0 Å². The van der Waals surface area contributed by atoms with Gasteiger partial charge in [-0.05, 0) is 92.9 Å². The molecule has 7 aromatic rings. The van der Waals surface area contributed by atoms with Gasteiger partial charge in [-0.2, -0.15) is 0 Å². The van der Waals surface area contributed by atoms with Gasteiger partial charge in [0, 0.05) is 27.9 Å². The number of anilines is 3. The lowest BCUT2D eigenvalue weighted by molar-refractivity contribution is 0.487. The number of benzene rings is 6. The van der Waals surface area contributed by atoms with E-state index in [1.165, 1.54) is 61.0 Å². The Bertz CT molecular complexity index is 2510. The van der Waals surface area contributed by atoms with Crippen LogP contribution in [-0.4, -0.2) is 6.71 Å². The average Bonchev–Trinajstić information content (AvgIpc) is 3.52. The first-order valence-corrected chi connectivity index (χ1v) is 19.0. The molecule has 0 amide bonds. The molecular formula is C48H46BNO2. The zero-order chi connectivity index (χ0) is 36.1. The Morgan fingerprint density at radius 1 is 0.596 bits per heavy atom. The Balaban J connectivity index is 1.29. The SMILES string of the molecule is CC(C)c1cc(C(C)C)c(B2c3ccccc3Oc3cc(N4c5ccccc5C(C)(C)c5c4ccc4oc6ccccc6c54)ccc32)c(C(C)C)c1. The predicted octanol–water partition coefficient (Wildman–Crippen LogP) is 11.7. The molecule has 0 unspecified atom stereocenters. The van der Waals surface area contributed by atoms with Crippen LogP contribution in [0.25, 0.3) is 21.9 Å². The molecule has 258 valence electrons. The molecule has 0 bridgehead atoms. The van der Waals surface area contributed by atoms with Crippen LogP contribution in [0.1, 0.15) is 101 Å². The van der Waals surface area contributed by atoms with Crippen molar-refractivity contribution < 1.29 is 9.15 Å². The van der Waals surface area contributed by atoms with E-state index in [-0.39, 0.29) is 12.1 Å². The summed E-state index contributed by atoms with van der Waals surface area (Å²) < 4.78 is 13.4. The van der Waals surface area contributed by atoms with Crippen molar-refractivity contribution in [2.75, 3.05) is 4.90 Å². The quantitative estimate of drug-likeness (QED) is 0.169. The minimum absolute atomic E-state index is 0.0572. The lowest BCUT2D eigenvalue weighted by atomic mass is 9.34. The molecule has 0 N–H and O–H groups in total. The van der Waals surface area contributed by atoms with Crippen molar-refractivity contribution >= 4 is 62.1 Å². The molecule has 9 rings (SSSR count). The number of furan rings is 1. The second kappa shape index (κ2) is 11.9. The highest BCUT2D eigenvalue weighted by atomic mass is 16.5. The maximum Gasteiger partial charge on any atom is 0.251 e. The third-order valence-electron chi connectivity index (χ3n) is 11.7. The zero-order valence-electron chi connectivity index (χ0n) is 31.5. The third-order valence-corrected chi connectivity index (χ3v) is 11.7. The number of ether oxygens (including phenoxy) is 1. The molecular weight excluding hydrogens is 633 g/mol. The highest BCUT2D eigenvalue weighted by Gasteiger charge is 2.41. The van der Waals surface area contributed by atoms with Gasteiger partial charge in [0.25, 0.3) is 6.71 Å². The van der Waals surface area contributed by atoms with Crippen LogP contribution < -0.4 is 26.0 Å². The topological polar surface area (TPSA) is 25.6 Å². The highest BCUT2D eigenvalue weighted by Crippen LogP contribution is 2.55. The summed E-state index contributed by atoms with van der Waals surface area (Å²) in [5.41, 5.74) is 15.8. The molecule has 1 aromatic heterocycles. The van der Waals surface area contributed by atoms with Gasteiger partial charge < -0.3 is 14.1 Å². The van der Waals surface area contributed by atoms with Gasteiger partial charge in [0.05, 0.1) is 11.4 Å². The summed E-state index contributed by atoms with van der Waals surface area (Å²) in [6.45, 7) is 18.7. The number of rotatable bonds is 5. The van der Waals surface area contributed by atoms with Gasteiger partial charge >= 0.3 is 0 Å². The standard InChI is InChI=1S/C48H46BNO2/c1-28(2)31-25-34(29(3)4)47(35(26-31)30(5)6)49-37-17-11-14-20-42(37)52-44-27-32(21-22-38(44)49)50-39-18-12-10-16-36(39)48(7,8)46-40(50)23-24-43-45(46)33-15-9-13-19-41(33)51-43/h9-30H,1-8H3. The monoisotopic (exact) mass is 679 g/mol. The first kappa shape index (κ1) is 32.7. The molecule has 2 aliphatic heterocycles. The van der Waals surface area contributed by atoms with Crippen LogP contribution in [0, 0.1) is 0 Å². The minimum Gasteiger partial charge on any atom is -0.458 e. The van der Waals surface area contributed by atoms with Crippen molar-refractivity contribution in [3.8, 4) is 11.5 Å². The van der Waals surface area contributed by atoms with Crippen LogP contribution >= 0.6 is 0 Å². The maximum atomic E-state index is 6.91. The number of nitrogens with zero attached hydrogens (tertiary/aromatic N) is 1. The lowest BCUT2D eigenvalue weighted by Gasteiger charge is -2.42. The van der Waals surface area contributed by atoms with E-state index in [0.29, 0.717) is 17.8 Å². The number of hydrogen-bond acceptors (Lipinski definition) is 3. The fraction of sp³-hybridized carbons (Fsp3) is 0.250. The molecule has 6 aromatic carbocycles. The zero-order valence-corrected chi connectivity index (χ0v) is 31.5. The molecule has 0 atom stereocenters. The molecule has 0 saturated carbocycles. The highest BCUT2D eigenvalue weighted by molar-refractivity contribution is 6.97. The van der Waals surface area contributed by atoms with Crippen LogP contribution in [0.3, 0.4) is 0 Å². The largest absolute Gasteiger partial charge is 0.458 e. The molecule has 3 heterocycles. The first-order chi connectivity index (χ1) is 25.0. The minimum atomic E-state index is -0.258. The summed E-state index contributed by atoms with van der Waals surface area (Å²) in [7, 11) is 0. The van der Waals surface area contributed by atoms with E-state index in [4.69, 9.17) is 9.15 Å². The fourth-order valence-corrected chi connectivity index (χ4v) is 9.11. The van der Waals surface area contributed by atoms with Gasteiger partial charge in [-0.1, -0.05) is 134 Å². The van der Waals surface area contributed by atoms with Crippen molar-refractivity contribution in [2.45, 2.75) is 78.6 Å². The van der Waals surface area contributed by atoms with E-state index in [1.807, 2.05) is 0 Å². The van der Waals surface area contributed by atoms with Crippen LogP contribution in [0.2, 0.25) is 0 Å². The smallest absolute Gasteiger partial charge is 0.251 e. The number of para-hydroxylation sites is 3. The number of fused-ring (bicyclic) bond motifs is 8. The van der Waals surface area contributed by atoms with Crippen molar-refractivity contribution in [1.82, 2.24) is 0 Å². The van der Waals surface area contributed by atoms with Gasteiger partial charge in [-0.25, -0.2) is 0 Å². The second-order valence-electron chi connectivity index (χ2n) is 16.3. The maximum absolute atomic E-state index is 6.91. The summed E-state index contributed by atoms with van der Waals surface area (Å²) in [4.78, 5) is 2.44. The van der Waals surface area contributed by atoms with Crippen LogP contribution in [0.15, 0.2) is 120 Å². The van der Waals surface area contributed by atoms with Crippen LogP contribution in [0.5, 0.6) is 11.5 Å². The second-order valence-corrected chi connectivity index (χ2v) is 16.3. The summed E-state index contributed by atoms with van der Waals surface area (Å²) in [6.07, 6.45) is 0. The van der Waals surface area contributed by atoms with E-state index in [2.05, 4.69) is 176 Å². The third kappa shape index (κ3) is 4.80. The average molecular weight is 680 g/mol. The van der Waals surface area contributed by atoms with Gasteiger partial charge in [-0.3, -0.25) is 0 Å². The molecule has 0 saturated heterocycles. The Morgan fingerprint density at radius 3 is 2.02 bits per heavy atom. The fourth-order valence-electron chi connectivity index (χ4n) is 9.11. The normalized spacial score (nSPS) is 14.5. The summed E-state index contributed by atoms with van der Waals surface area (Å²) in [5.74, 6) is 3.07. The van der Waals surface area contributed by atoms with Crippen LogP contribution in [-0.2, 0) is 5.41 Å². The Morgan fingerprint density at radius 2 is 1.27 bits per heavy atom. The summed E-state index contributed by atoms with van der Waals surface area (Å²) in [6, 6.07) is 42.2. The van der Waals surface area contributed by atoms with E-state index in [1.54, 1.807) is 0 Å². The summed E-state index contributed by atoms with van der Waals surface area (Å²) in [5, 5.41) is 2.34. The van der Waals surface area contributed by atoms with Gasteiger partial charge in [0.1, 0.15) is 22.7 Å². The van der Waals surface area contributed by atoms with E-state index < -0.39 is 0 Å². The van der Waals surface area contributed by atoms with Gasteiger partial charge in [0.15, 0.2) is 0 Å². The number of hydrogen-bond donors (Lipinski definition) is 0. The van der Waals surface area contributed by atoms with Gasteiger partial charge in [0.2, 0.25) is 0 Å². The summed E-state index contributed by atoms with van der Waals surface area (Å²) >= 11 is 0.